The second kappa shape index (κ2) is 5.68. The van der Waals surface area contributed by atoms with Gasteiger partial charge in [-0.25, -0.2) is 4.39 Å². The van der Waals surface area contributed by atoms with Crippen LogP contribution in [0.4, 0.5) is 4.39 Å². The van der Waals surface area contributed by atoms with Crippen molar-refractivity contribution in [2.24, 2.45) is 5.16 Å². The van der Waals surface area contributed by atoms with Crippen molar-refractivity contribution in [2.45, 2.75) is 18.2 Å². The van der Waals surface area contributed by atoms with Crippen molar-refractivity contribution in [1.82, 2.24) is 0 Å². The molecule has 2 unspecified atom stereocenters. The van der Waals surface area contributed by atoms with Gasteiger partial charge in [0.2, 0.25) is 0 Å². The van der Waals surface area contributed by atoms with Crippen LogP contribution in [-0.2, 0) is 0 Å². The molecule has 15 heavy (non-hydrogen) atoms. The van der Waals surface area contributed by atoms with E-state index >= 15 is 0 Å². The average Bonchev–Trinajstić information content (AvgIpc) is 2.19. The first-order chi connectivity index (χ1) is 7.15. The Morgan fingerprint density at radius 1 is 1.40 bits per heavy atom. The van der Waals surface area contributed by atoms with E-state index in [9.17, 15) is 9.50 Å². The van der Waals surface area contributed by atoms with E-state index in [4.69, 9.17) is 16.8 Å². The Kier molecular flexibility index (Phi) is 4.52. The monoisotopic (exact) mass is 231 g/mol. The predicted octanol–water partition coefficient (Wildman–Crippen LogP) is 2.15. The van der Waals surface area contributed by atoms with Gasteiger partial charge in [-0.3, -0.25) is 0 Å². The van der Waals surface area contributed by atoms with E-state index in [-0.39, 0.29) is 12.1 Å². The number of oxime groups is 1. The van der Waals surface area contributed by atoms with Gasteiger partial charge < -0.3 is 10.3 Å². The quantitative estimate of drug-likeness (QED) is 0.361. The lowest BCUT2D eigenvalue weighted by atomic mass is 10.0. The van der Waals surface area contributed by atoms with Crippen LogP contribution in [0, 0.1) is 0 Å². The number of hydrogen-bond donors (Lipinski definition) is 2. The van der Waals surface area contributed by atoms with Crippen LogP contribution in [-0.4, -0.2) is 27.8 Å². The highest BCUT2D eigenvalue weighted by atomic mass is 35.5. The van der Waals surface area contributed by atoms with Crippen molar-refractivity contribution in [3.05, 3.63) is 35.9 Å². The molecule has 1 rings (SSSR count). The molecule has 0 aliphatic carbocycles. The largest absolute Gasteiger partial charge is 0.411 e. The summed E-state index contributed by atoms with van der Waals surface area (Å²) in [7, 11) is 0. The molecule has 0 radical (unpaired) electrons. The highest BCUT2D eigenvalue weighted by Gasteiger charge is 2.19. The lowest BCUT2D eigenvalue weighted by Gasteiger charge is -2.12. The zero-order valence-corrected chi connectivity index (χ0v) is 8.60. The molecule has 0 amide bonds. The maximum Gasteiger partial charge on any atom is 0.176 e. The molecule has 0 aromatic heterocycles. The van der Waals surface area contributed by atoms with Crippen LogP contribution in [0.2, 0.25) is 0 Å². The average molecular weight is 232 g/mol. The van der Waals surface area contributed by atoms with Gasteiger partial charge in [0, 0.05) is 12.0 Å². The fraction of sp³-hybridized carbons (Fsp3) is 0.300. The van der Waals surface area contributed by atoms with Gasteiger partial charge in [0.25, 0.3) is 0 Å². The van der Waals surface area contributed by atoms with Crippen LogP contribution >= 0.6 is 11.6 Å². The second-order valence-electron chi connectivity index (χ2n) is 2.99. The van der Waals surface area contributed by atoms with Crippen molar-refractivity contribution < 1.29 is 14.7 Å². The van der Waals surface area contributed by atoms with Crippen LogP contribution in [0.25, 0.3) is 0 Å². The summed E-state index contributed by atoms with van der Waals surface area (Å²) in [6, 6.07) is 8.53. The van der Waals surface area contributed by atoms with Crippen LogP contribution in [0.5, 0.6) is 0 Å². The summed E-state index contributed by atoms with van der Waals surface area (Å²) >= 11 is 5.10. The number of aliphatic hydroxyl groups excluding tert-OH is 1. The number of alkyl halides is 2. The Hall–Kier alpha value is -1.13. The zero-order chi connectivity index (χ0) is 11.3. The first-order valence-electron chi connectivity index (χ1n) is 4.38. The summed E-state index contributed by atoms with van der Waals surface area (Å²) in [5, 5.41) is 21.2. The van der Waals surface area contributed by atoms with Gasteiger partial charge >= 0.3 is 0 Å². The highest BCUT2D eigenvalue weighted by molar-refractivity contribution is 6.19. The summed E-state index contributed by atoms with van der Waals surface area (Å²) < 4.78 is 12.4. The number of benzene rings is 1. The van der Waals surface area contributed by atoms with Crippen LogP contribution in [0.3, 0.4) is 0 Å². The standard InChI is InChI=1S/C10H11ClFNO2/c11-9(12)6-8(14)10(13-15)7-4-2-1-3-5-7/h1-5,8-9,14-15H,6H2. The van der Waals surface area contributed by atoms with Gasteiger partial charge in [-0.1, -0.05) is 47.1 Å². The molecule has 0 aliphatic rings. The molecule has 3 nitrogen and oxygen atoms in total. The summed E-state index contributed by atoms with van der Waals surface area (Å²) in [6.07, 6.45) is -1.53. The van der Waals surface area contributed by atoms with E-state index in [1.54, 1.807) is 30.3 Å². The molecule has 5 heteroatoms. The number of halogens is 2. The number of hydrogen-bond acceptors (Lipinski definition) is 3. The molecular weight excluding hydrogens is 221 g/mol. The normalized spacial score (nSPS) is 16.1. The molecular formula is C10H11ClFNO2. The van der Waals surface area contributed by atoms with Crippen molar-refractivity contribution in [3.63, 3.8) is 0 Å². The summed E-state index contributed by atoms with van der Waals surface area (Å²) in [4.78, 5) is 0. The van der Waals surface area contributed by atoms with Gasteiger partial charge in [-0.15, -0.1) is 0 Å². The SMILES string of the molecule is ON=C(c1ccccc1)C(O)CC(F)Cl. The van der Waals surface area contributed by atoms with Crippen LogP contribution in [0.1, 0.15) is 12.0 Å². The molecule has 0 saturated heterocycles. The number of aliphatic hydroxyl groups is 1. The molecule has 1 aromatic carbocycles. The zero-order valence-electron chi connectivity index (χ0n) is 7.85. The molecule has 0 saturated carbocycles. The summed E-state index contributed by atoms with van der Waals surface area (Å²) in [5.41, 5.74) is -1.12. The van der Waals surface area contributed by atoms with E-state index in [2.05, 4.69) is 5.16 Å². The predicted molar refractivity (Wildman–Crippen MR) is 56.1 cm³/mol. The molecule has 0 heterocycles. The fourth-order valence-electron chi connectivity index (χ4n) is 1.21. The minimum absolute atomic E-state index is 0.0129. The molecule has 0 aliphatic heterocycles. The Balaban J connectivity index is 2.82. The van der Waals surface area contributed by atoms with Gasteiger partial charge in [-0.05, 0) is 0 Å². The van der Waals surface area contributed by atoms with Crippen molar-refractivity contribution >= 4 is 17.3 Å². The van der Waals surface area contributed by atoms with Gasteiger partial charge in [0.1, 0.15) is 11.8 Å². The Morgan fingerprint density at radius 2 is 2.00 bits per heavy atom. The van der Waals surface area contributed by atoms with Gasteiger partial charge in [-0.2, -0.15) is 0 Å². The van der Waals surface area contributed by atoms with Gasteiger partial charge in [0.05, 0.1) is 0 Å². The Morgan fingerprint density at radius 3 is 2.47 bits per heavy atom. The van der Waals surface area contributed by atoms with Crippen molar-refractivity contribution in [1.29, 1.82) is 0 Å². The van der Waals surface area contributed by atoms with E-state index in [1.165, 1.54) is 0 Å². The minimum atomic E-state index is -1.67. The molecule has 1 aromatic rings. The van der Waals surface area contributed by atoms with E-state index < -0.39 is 11.7 Å². The highest BCUT2D eigenvalue weighted by Crippen LogP contribution is 2.12. The smallest absolute Gasteiger partial charge is 0.176 e. The molecule has 2 atom stereocenters. The van der Waals surface area contributed by atoms with Crippen LogP contribution < -0.4 is 0 Å². The summed E-state index contributed by atoms with van der Waals surface area (Å²) in [6.45, 7) is 0. The molecule has 0 bridgehead atoms. The molecule has 0 fully saturated rings. The van der Waals surface area contributed by atoms with Crippen molar-refractivity contribution in [3.8, 4) is 0 Å². The Labute approximate surface area is 91.8 Å². The maximum absolute atomic E-state index is 12.4. The fourth-order valence-corrected chi connectivity index (χ4v) is 1.37. The Bertz CT molecular complexity index is 329. The summed E-state index contributed by atoms with van der Waals surface area (Å²) in [5.74, 6) is 0. The first-order valence-corrected chi connectivity index (χ1v) is 4.82. The number of nitrogens with zero attached hydrogens (tertiary/aromatic N) is 1. The lowest BCUT2D eigenvalue weighted by Crippen LogP contribution is -2.23. The third kappa shape index (κ3) is 3.49. The molecule has 2 N–H and O–H groups in total. The topological polar surface area (TPSA) is 52.8 Å². The van der Waals surface area contributed by atoms with E-state index in [0.29, 0.717) is 5.56 Å². The number of rotatable bonds is 4. The minimum Gasteiger partial charge on any atom is -0.411 e. The third-order valence-corrected chi connectivity index (χ3v) is 2.07. The molecule has 0 spiro atoms. The van der Waals surface area contributed by atoms with Gasteiger partial charge in [0.15, 0.2) is 5.63 Å². The van der Waals surface area contributed by atoms with Crippen molar-refractivity contribution in [2.75, 3.05) is 0 Å². The van der Waals surface area contributed by atoms with Crippen LogP contribution in [0.15, 0.2) is 35.5 Å². The first kappa shape index (κ1) is 11.9. The van der Waals surface area contributed by atoms with E-state index in [1.807, 2.05) is 0 Å². The van der Waals surface area contributed by atoms with E-state index in [0.717, 1.165) is 0 Å². The second-order valence-corrected chi connectivity index (χ2v) is 3.47. The lowest BCUT2D eigenvalue weighted by molar-refractivity contribution is 0.199. The molecule has 82 valence electrons. The maximum atomic E-state index is 12.4. The third-order valence-electron chi connectivity index (χ3n) is 1.89.